The molecule has 4 unspecified atom stereocenters. The topological polar surface area (TPSA) is 98.7 Å². The fraction of sp³-hybridized carbons (Fsp3) is 0.619. The number of aliphatic hydroxyl groups is 2. The Morgan fingerprint density at radius 2 is 1.67 bits per heavy atom. The molecule has 1 fully saturated rings. The van der Waals surface area contributed by atoms with Gasteiger partial charge in [-0.1, -0.05) is 31.9 Å². The minimum Gasteiger partial charge on any atom is -0.391 e. The van der Waals surface area contributed by atoms with E-state index in [0.29, 0.717) is 0 Å². The third-order valence-corrected chi connectivity index (χ3v) is 5.52. The average molecular weight is 430 g/mol. The highest BCUT2D eigenvalue weighted by Crippen LogP contribution is 2.30. The van der Waals surface area contributed by atoms with Gasteiger partial charge in [0.15, 0.2) is 0 Å². The molecule has 0 bridgehead atoms. The number of carbonyl (C=O) groups excluding carboxylic acids is 2. The molecule has 6 nitrogen and oxygen atoms in total. The number of benzene rings is 1. The molecule has 0 aliphatic heterocycles. The van der Waals surface area contributed by atoms with E-state index in [0.717, 1.165) is 49.9 Å². The third-order valence-electron chi connectivity index (χ3n) is 5.52. The number of aliphatic hydroxyl groups excluding tert-OH is 2. The summed E-state index contributed by atoms with van der Waals surface area (Å²) in [6.07, 6.45) is -3.23. The van der Waals surface area contributed by atoms with Crippen LogP contribution < -0.4 is 10.6 Å². The van der Waals surface area contributed by atoms with Crippen LogP contribution in [-0.4, -0.2) is 40.2 Å². The number of alkyl halides is 3. The maximum absolute atomic E-state index is 12.7. The number of halogens is 3. The van der Waals surface area contributed by atoms with Gasteiger partial charge in [-0.3, -0.25) is 9.59 Å². The number of hydrogen-bond donors (Lipinski definition) is 4. The van der Waals surface area contributed by atoms with E-state index in [4.69, 9.17) is 0 Å². The molecule has 1 aliphatic carbocycles. The van der Waals surface area contributed by atoms with Gasteiger partial charge in [0, 0.05) is 5.92 Å². The second-order valence-electron chi connectivity index (χ2n) is 7.80. The molecule has 9 heteroatoms. The Morgan fingerprint density at radius 3 is 2.13 bits per heavy atom. The fourth-order valence-corrected chi connectivity index (χ4v) is 3.64. The van der Waals surface area contributed by atoms with Gasteiger partial charge in [0.25, 0.3) is 0 Å². The highest BCUT2D eigenvalue weighted by Gasteiger charge is 2.33. The monoisotopic (exact) mass is 430 g/mol. The van der Waals surface area contributed by atoms with E-state index in [9.17, 15) is 33.0 Å². The normalized spacial score (nSPS) is 19.0. The lowest BCUT2D eigenvalue weighted by Gasteiger charge is -2.28. The zero-order valence-corrected chi connectivity index (χ0v) is 17.1. The molecule has 4 N–H and O–H groups in total. The van der Waals surface area contributed by atoms with Gasteiger partial charge in [-0.05, 0) is 43.9 Å². The Kier molecular flexibility index (Phi) is 8.25. The standard InChI is InChI=1S/C21H29F3N2O4/c1-3-16(18(28)13-8-10-15(11-9-13)21(22,23)24)25-20(30)17(12(2)27)26-19(29)14-6-4-5-7-14/h8-12,14,16-18,27-28H,3-7H2,1-2H3,(H,25,30)(H,26,29). The Morgan fingerprint density at radius 1 is 1.10 bits per heavy atom. The minimum atomic E-state index is -4.48. The molecule has 0 aromatic heterocycles. The van der Waals surface area contributed by atoms with Gasteiger partial charge in [-0.15, -0.1) is 0 Å². The first-order valence-corrected chi connectivity index (χ1v) is 10.2. The predicted octanol–water partition coefficient (Wildman–Crippen LogP) is 2.69. The van der Waals surface area contributed by atoms with Gasteiger partial charge >= 0.3 is 6.18 Å². The maximum Gasteiger partial charge on any atom is 0.416 e. The van der Waals surface area contributed by atoms with Crippen molar-refractivity contribution in [2.75, 3.05) is 0 Å². The van der Waals surface area contributed by atoms with E-state index >= 15 is 0 Å². The van der Waals surface area contributed by atoms with Gasteiger partial charge in [0.2, 0.25) is 11.8 Å². The van der Waals surface area contributed by atoms with Crippen molar-refractivity contribution in [3.05, 3.63) is 35.4 Å². The minimum absolute atomic E-state index is 0.182. The van der Waals surface area contributed by atoms with Crippen molar-refractivity contribution < 1.29 is 33.0 Å². The van der Waals surface area contributed by atoms with Crippen LogP contribution in [0.25, 0.3) is 0 Å². The van der Waals surface area contributed by atoms with Crippen molar-refractivity contribution in [2.45, 2.75) is 76.4 Å². The molecule has 168 valence electrons. The molecule has 0 saturated heterocycles. The summed E-state index contributed by atoms with van der Waals surface area (Å²) in [6.45, 7) is 3.08. The lowest BCUT2D eigenvalue weighted by Crippen LogP contribution is -2.56. The summed E-state index contributed by atoms with van der Waals surface area (Å²) in [5.74, 6) is -1.13. The quantitative estimate of drug-likeness (QED) is 0.510. The summed E-state index contributed by atoms with van der Waals surface area (Å²) in [5.41, 5.74) is -0.613. The first-order valence-electron chi connectivity index (χ1n) is 10.2. The van der Waals surface area contributed by atoms with Crippen molar-refractivity contribution >= 4 is 11.8 Å². The Bertz CT molecular complexity index is 716. The van der Waals surface area contributed by atoms with Gasteiger partial charge in [0.05, 0.1) is 23.8 Å². The van der Waals surface area contributed by atoms with Crippen LogP contribution in [0.4, 0.5) is 13.2 Å². The molecule has 1 aromatic rings. The molecule has 2 amide bonds. The number of carbonyl (C=O) groups is 2. The SMILES string of the molecule is CCC(NC(=O)C(NC(=O)C1CCCC1)C(C)O)C(O)c1ccc(C(F)(F)F)cc1. The highest BCUT2D eigenvalue weighted by atomic mass is 19.4. The van der Waals surface area contributed by atoms with Crippen molar-refractivity contribution in [1.29, 1.82) is 0 Å². The summed E-state index contributed by atoms with van der Waals surface area (Å²) < 4.78 is 38.2. The van der Waals surface area contributed by atoms with E-state index in [-0.39, 0.29) is 23.8 Å². The van der Waals surface area contributed by atoms with E-state index in [1.54, 1.807) is 6.92 Å². The van der Waals surface area contributed by atoms with Gasteiger partial charge in [-0.25, -0.2) is 0 Å². The van der Waals surface area contributed by atoms with Crippen molar-refractivity contribution in [1.82, 2.24) is 10.6 Å². The van der Waals surface area contributed by atoms with Crippen LogP contribution in [0.5, 0.6) is 0 Å². The molecule has 1 aliphatic rings. The number of rotatable bonds is 8. The van der Waals surface area contributed by atoms with Gasteiger partial charge < -0.3 is 20.8 Å². The molecule has 0 spiro atoms. The van der Waals surface area contributed by atoms with Crippen LogP contribution >= 0.6 is 0 Å². The smallest absolute Gasteiger partial charge is 0.391 e. The van der Waals surface area contributed by atoms with Crippen molar-refractivity contribution in [2.24, 2.45) is 5.92 Å². The first kappa shape index (κ1) is 24.1. The number of nitrogens with one attached hydrogen (secondary N) is 2. The van der Waals surface area contributed by atoms with Crippen LogP contribution in [0.2, 0.25) is 0 Å². The lowest BCUT2D eigenvalue weighted by molar-refractivity contribution is -0.137. The third kappa shape index (κ3) is 6.18. The largest absolute Gasteiger partial charge is 0.416 e. The van der Waals surface area contributed by atoms with Crippen molar-refractivity contribution in [3.63, 3.8) is 0 Å². The molecular weight excluding hydrogens is 401 g/mol. The molecule has 0 radical (unpaired) electrons. The Labute approximate surface area is 173 Å². The van der Waals surface area contributed by atoms with Crippen LogP contribution in [-0.2, 0) is 15.8 Å². The summed E-state index contributed by atoms with van der Waals surface area (Å²) in [6, 6.07) is 2.07. The summed E-state index contributed by atoms with van der Waals surface area (Å²) in [4.78, 5) is 25.0. The van der Waals surface area contributed by atoms with E-state index in [1.165, 1.54) is 6.92 Å². The van der Waals surface area contributed by atoms with Crippen LogP contribution in [0, 0.1) is 5.92 Å². The van der Waals surface area contributed by atoms with Crippen molar-refractivity contribution in [3.8, 4) is 0 Å². The average Bonchev–Trinajstić information content (AvgIpc) is 3.23. The van der Waals surface area contributed by atoms with E-state index in [1.807, 2.05) is 0 Å². The fourth-order valence-electron chi connectivity index (χ4n) is 3.64. The number of amides is 2. The highest BCUT2D eigenvalue weighted by molar-refractivity contribution is 5.89. The molecular formula is C21H29F3N2O4. The van der Waals surface area contributed by atoms with E-state index in [2.05, 4.69) is 10.6 Å². The summed E-state index contributed by atoms with van der Waals surface area (Å²) in [7, 11) is 0. The Hall–Kier alpha value is -2.13. The summed E-state index contributed by atoms with van der Waals surface area (Å²) in [5, 5.41) is 25.7. The van der Waals surface area contributed by atoms with Gasteiger partial charge in [0.1, 0.15) is 6.04 Å². The molecule has 0 heterocycles. The summed E-state index contributed by atoms with van der Waals surface area (Å²) >= 11 is 0. The second kappa shape index (κ2) is 10.3. The van der Waals surface area contributed by atoms with E-state index < -0.39 is 41.9 Å². The van der Waals surface area contributed by atoms with Crippen LogP contribution in [0.1, 0.15) is 63.2 Å². The molecule has 1 aromatic carbocycles. The number of hydrogen-bond acceptors (Lipinski definition) is 4. The first-order chi connectivity index (χ1) is 14.0. The zero-order chi connectivity index (χ0) is 22.5. The predicted molar refractivity (Wildman–Crippen MR) is 104 cm³/mol. The Balaban J connectivity index is 2.05. The van der Waals surface area contributed by atoms with Crippen LogP contribution in [0.3, 0.4) is 0 Å². The molecule has 30 heavy (non-hydrogen) atoms. The maximum atomic E-state index is 12.7. The van der Waals surface area contributed by atoms with Gasteiger partial charge in [-0.2, -0.15) is 13.2 Å². The van der Waals surface area contributed by atoms with Crippen LogP contribution in [0.15, 0.2) is 24.3 Å². The zero-order valence-electron chi connectivity index (χ0n) is 17.1. The molecule has 1 saturated carbocycles. The lowest BCUT2D eigenvalue weighted by atomic mass is 9.98. The molecule has 2 rings (SSSR count). The molecule has 4 atom stereocenters. The second-order valence-corrected chi connectivity index (χ2v) is 7.80.